The first-order chi connectivity index (χ1) is 13.7. The van der Waals surface area contributed by atoms with E-state index in [4.69, 9.17) is 22.7 Å². The minimum absolute atomic E-state index is 0.105. The van der Waals surface area contributed by atoms with E-state index < -0.39 is 0 Å². The Labute approximate surface area is 171 Å². The minimum Gasteiger partial charge on any atom is -0.496 e. The predicted molar refractivity (Wildman–Crippen MR) is 117 cm³/mol. The van der Waals surface area contributed by atoms with E-state index in [0.717, 1.165) is 30.1 Å². The van der Waals surface area contributed by atoms with Gasteiger partial charge in [0.15, 0.2) is 0 Å². The largest absolute Gasteiger partial charge is 0.496 e. The topological polar surface area (TPSA) is 43.4 Å². The molecule has 1 fully saturated rings. The van der Waals surface area contributed by atoms with Crippen LogP contribution in [0.5, 0.6) is 5.75 Å². The van der Waals surface area contributed by atoms with Crippen LogP contribution in [0.3, 0.4) is 0 Å². The molecule has 1 aromatic heterocycles. The van der Waals surface area contributed by atoms with Crippen LogP contribution in [0.2, 0.25) is 0 Å². The highest BCUT2D eigenvalue weighted by atomic mass is 32.1. The number of methoxy groups -OCH3 is 1. The molecule has 0 bridgehead atoms. The molecule has 0 saturated carbocycles. The highest BCUT2D eigenvalue weighted by molar-refractivity contribution is 7.80. The van der Waals surface area contributed by atoms with E-state index in [1.165, 1.54) is 24.1 Å². The molecule has 4 nitrogen and oxygen atoms in total. The van der Waals surface area contributed by atoms with Crippen molar-refractivity contribution in [3.8, 4) is 11.4 Å². The Morgan fingerprint density at radius 2 is 1.71 bits per heavy atom. The van der Waals surface area contributed by atoms with Crippen molar-refractivity contribution in [3.05, 3.63) is 83.7 Å². The lowest BCUT2D eigenvalue weighted by molar-refractivity contribution is 0.267. The number of benzene rings is 2. The lowest BCUT2D eigenvalue weighted by Gasteiger charge is -2.30. The van der Waals surface area contributed by atoms with Crippen molar-refractivity contribution in [1.29, 1.82) is 0 Å². The van der Waals surface area contributed by atoms with E-state index in [-0.39, 0.29) is 6.04 Å². The van der Waals surface area contributed by atoms with Crippen LogP contribution in [0.25, 0.3) is 5.69 Å². The monoisotopic (exact) mass is 391 g/mol. The zero-order chi connectivity index (χ0) is 19.5. The molecule has 1 saturated heterocycles. The van der Waals surface area contributed by atoms with Crippen molar-refractivity contribution in [2.45, 2.75) is 18.9 Å². The second-order valence-electron chi connectivity index (χ2n) is 7.07. The van der Waals surface area contributed by atoms with E-state index in [9.17, 15) is 0 Å². The molecule has 28 heavy (non-hydrogen) atoms. The molecule has 144 valence electrons. The average molecular weight is 392 g/mol. The Kier molecular flexibility index (Phi) is 5.46. The fourth-order valence-corrected chi connectivity index (χ4v) is 4.34. The van der Waals surface area contributed by atoms with Gasteiger partial charge in [-0.25, -0.2) is 0 Å². The smallest absolute Gasteiger partial charge is 0.124 e. The van der Waals surface area contributed by atoms with Gasteiger partial charge in [0.2, 0.25) is 0 Å². The van der Waals surface area contributed by atoms with Crippen molar-refractivity contribution in [2.75, 3.05) is 20.2 Å². The van der Waals surface area contributed by atoms with Gasteiger partial charge < -0.3 is 15.0 Å². The van der Waals surface area contributed by atoms with Gasteiger partial charge in [-0.1, -0.05) is 42.5 Å². The third-order valence-corrected chi connectivity index (χ3v) is 5.65. The lowest BCUT2D eigenvalue weighted by Crippen LogP contribution is -2.29. The number of rotatable bonds is 6. The summed E-state index contributed by atoms with van der Waals surface area (Å²) in [5.41, 5.74) is 10.3. The molecule has 3 aromatic rings. The van der Waals surface area contributed by atoms with Gasteiger partial charge in [0.05, 0.1) is 18.8 Å². The zero-order valence-electron chi connectivity index (χ0n) is 16.0. The zero-order valence-corrected chi connectivity index (χ0v) is 16.9. The third kappa shape index (κ3) is 3.43. The van der Waals surface area contributed by atoms with Crippen LogP contribution in [-0.4, -0.2) is 34.7 Å². The molecule has 2 heterocycles. The minimum atomic E-state index is 0.105. The Morgan fingerprint density at radius 3 is 2.46 bits per heavy atom. The molecule has 0 amide bonds. The van der Waals surface area contributed by atoms with Crippen LogP contribution in [-0.2, 0) is 0 Å². The summed E-state index contributed by atoms with van der Waals surface area (Å²) < 4.78 is 7.93. The summed E-state index contributed by atoms with van der Waals surface area (Å²) in [4.78, 5) is 2.94. The first-order valence-electron chi connectivity index (χ1n) is 9.64. The molecule has 2 N–H and O–H groups in total. The van der Waals surface area contributed by atoms with Gasteiger partial charge in [-0.2, -0.15) is 0 Å². The van der Waals surface area contributed by atoms with E-state index in [1.807, 2.05) is 30.3 Å². The summed E-state index contributed by atoms with van der Waals surface area (Å²) in [5, 5.41) is 0. The summed E-state index contributed by atoms with van der Waals surface area (Å²) in [6.07, 6.45) is 4.52. The van der Waals surface area contributed by atoms with Gasteiger partial charge in [0, 0.05) is 23.0 Å². The van der Waals surface area contributed by atoms with Crippen molar-refractivity contribution in [2.24, 2.45) is 5.73 Å². The van der Waals surface area contributed by atoms with Crippen molar-refractivity contribution in [1.82, 2.24) is 9.47 Å². The number of para-hydroxylation sites is 2. The van der Waals surface area contributed by atoms with Gasteiger partial charge in [-0.15, -0.1) is 0 Å². The van der Waals surface area contributed by atoms with Crippen molar-refractivity contribution < 1.29 is 4.74 Å². The van der Waals surface area contributed by atoms with Crippen LogP contribution < -0.4 is 10.5 Å². The first kappa shape index (κ1) is 18.7. The molecule has 0 radical (unpaired) electrons. The van der Waals surface area contributed by atoms with Crippen LogP contribution in [0.4, 0.5) is 0 Å². The molecule has 0 spiro atoms. The Balaban J connectivity index is 1.88. The van der Waals surface area contributed by atoms with Crippen LogP contribution in [0.15, 0.2) is 66.9 Å². The molecule has 1 unspecified atom stereocenters. The van der Waals surface area contributed by atoms with Gasteiger partial charge in [0.1, 0.15) is 10.7 Å². The molecule has 1 atom stereocenters. The molecule has 4 rings (SSSR count). The maximum absolute atomic E-state index is 6.01. The van der Waals surface area contributed by atoms with E-state index in [1.54, 1.807) is 7.11 Å². The quantitative estimate of drug-likeness (QED) is 0.636. The molecular weight excluding hydrogens is 366 g/mol. The summed E-state index contributed by atoms with van der Waals surface area (Å²) >= 11 is 5.31. The summed E-state index contributed by atoms with van der Waals surface area (Å²) in [6.45, 7) is 2.15. The van der Waals surface area contributed by atoms with Gasteiger partial charge in [-0.3, -0.25) is 4.90 Å². The van der Waals surface area contributed by atoms with Gasteiger partial charge in [0.25, 0.3) is 0 Å². The van der Waals surface area contributed by atoms with E-state index >= 15 is 0 Å². The van der Waals surface area contributed by atoms with Gasteiger partial charge in [-0.05, 0) is 56.3 Å². The highest BCUT2D eigenvalue weighted by Gasteiger charge is 2.30. The van der Waals surface area contributed by atoms with Crippen LogP contribution in [0.1, 0.15) is 35.7 Å². The summed E-state index contributed by atoms with van der Waals surface area (Å²) in [5.74, 6) is 0.912. The normalized spacial score (nSPS) is 15.5. The van der Waals surface area contributed by atoms with Crippen molar-refractivity contribution in [3.63, 3.8) is 0 Å². The molecular formula is C23H25N3OS. The fraction of sp³-hybridized carbons (Fsp3) is 0.261. The molecule has 2 aromatic carbocycles. The number of nitrogens with two attached hydrogens (primary N) is 1. The van der Waals surface area contributed by atoms with E-state index in [2.05, 4.69) is 46.0 Å². The molecule has 0 aliphatic carbocycles. The van der Waals surface area contributed by atoms with E-state index in [0.29, 0.717) is 4.99 Å². The molecule has 1 aliphatic rings. The predicted octanol–water partition coefficient (Wildman–Crippen LogP) is 4.31. The summed E-state index contributed by atoms with van der Waals surface area (Å²) in [6, 6.07) is 20.7. The fourth-order valence-electron chi connectivity index (χ4n) is 4.16. The lowest BCUT2D eigenvalue weighted by atomic mass is 10.0. The van der Waals surface area contributed by atoms with Crippen LogP contribution in [0, 0.1) is 0 Å². The standard InChI is InChI=1S/C23H25N3OS/c1-27-21-13-5-3-10-18(21)22(25-14-6-7-15-25)20-12-8-16-26(20)19-11-4-2-9-17(19)23(24)28/h2-5,8-13,16,22H,6-7,14-15H2,1H3,(H2,24,28). The Bertz CT molecular complexity index is 975. The number of thiocarbonyl (C=S) groups is 1. The molecule has 1 aliphatic heterocycles. The number of hydrogen-bond donors (Lipinski definition) is 1. The maximum Gasteiger partial charge on any atom is 0.124 e. The number of likely N-dealkylation sites (tertiary alicyclic amines) is 1. The first-order valence-corrected chi connectivity index (χ1v) is 10.0. The average Bonchev–Trinajstić information content (AvgIpc) is 3.41. The number of hydrogen-bond acceptors (Lipinski definition) is 3. The summed E-state index contributed by atoms with van der Waals surface area (Å²) in [7, 11) is 1.74. The number of aromatic nitrogens is 1. The molecule has 5 heteroatoms. The van der Waals surface area contributed by atoms with Crippen LogP contribution >= 0.6 is 12.2 Å². The Hall–Kier alpha value is -2.63. The maximum atomic E-state index is 6.01. The second-order valence-corrected chi connectivity index (χ2v) is 7.51. The highest BCUT2D eigenvalue weighted by Crippen LogP contribution is 2.38. The third-order valence-electron chi connectivity index (χ3n) is 5.43. The SMILES string of the molecule is COc1ccccc1C(c1cccn1-c1ccccc1C(N)=S)N1CCCC1. The number of ether oxygens (including phenoxy) is 1. The number of nitrogens with zero attached hydrogens (tertiary/aromatic N) is 2. The second kappa shape index (κ2) is 8.17. The van der Waals surface area contributed by atoms with Crippen molar-refractivity contribution >= 4 is 17.2 Å². The van der Waals surface area contributed by atoms with Gasteiger partial charge >= 0.3 is 0 Å². The Morgan fingerprint density at radius 1 is 1.00 bits per heavy atom.